The number of hydrogen-bond acceptors (Lipinski definition) is 2. The molecule has 0 spiro atoms. The lowest BCUT2D eigenvalue weighted by Crippen LogP contribution is -2.14. The zero-order valence-electron chi connectivity index (χ0n) is 10.1. The third-order valence-electron chi connectivity index (χ3n) is 2.84. The molecule has 1 unspecified atom stereocenters. The number of halogens is 2. The van der Waals surface area contributed by atoms with Crippen molar-refractivity contribution in [3.05, 3.63) is 55.9 Å². The fraction of sp³-hybridized carbons (Fsp3) is 0.286. The Kier molecular flexibility index (Phi) is 4.54. The fourth-order valence-electron chi connectivity index (χ4n) is 1.85. The number of aryl methyl sites for hydroxylation is 1. The van der Waals surface area contributed by atoms with Gasteiger partial charge in [0.15, 0.2) is 0 Å². The average Bonchev–Trinajstić information content (AvgIpc) is 2.80. The molecule has 0 aliphatic heterocycles. The second kappa shape index (κ2) is 5.95. The summed E-state index contributed by atoms with van der Waals surface area (Å²) in [6.45, 7) is 2.13. The highest BCUT2D eigenvalue weighted by Crippen LogP contribution is 2.26. The van der Waals surface area contributed by atoms with Crippen molar-refractivity contribution in [2.24, 2.45) is 5.73 Å². The Morgan fingerprint density at radius 1 is 1.28 bits per heavy atom. The molecule has 0 amide bonds. The molecule has 96 valence electrons. The van der Waals surface area contributed by atoms with Crippen molar-refractivity contribution < 1.29 is 4.39 Å². The van der Waals surface area contributed by atoms with Gasteiger partial charge >= 0.3 is 0 Å². The van der Waals surface area contributed by atoms with Crippen LogP contribution in [0.2, 0.25) is 0 Å². The molecule has 2 rings (SSSR count). The van der Waals surface area contributed by atoms with E-state index in [9.17, 15) is 4.39 Å². The maximum absolute atomic E-state index is 13.7. The van der Waals surface area contributed by atoms with Crippen LogP contribution in [0, 0.1) is 5.82 Å². The highest BCUT2D eigenvalue weighted by Gasteiger charge is 2.13. The Hall–Kier alpha value is -0.710. The summed E-state index contributed by atoms with van der Waals surface area (Å²) < 4.78 is 14.6. The Labute approximate surface area is 119 Å². The molecule has 0 saturated carbocycles. The third-order valence-corrected chi connectivity index (χ3v) is 4.59. The molecule has 0 fully saturated rings. The van der Waals surface area contributed by atoms with Crippen LogP contribution in [0.4, 0.5) is 4.39 Å². The van der Waals surface area contributed by atoms with Crippen molar-refractivity contribution >= 4 is 27.3 Å². The van der Waals surface area contributed by atoms with Crippen molar-refractivity contribution in [1.82, 2.24) is 0 Å². The molecule has 4 heteroatoms. The van der Waals surface area contributed by atoms with Gasteiger partial charge in [0, 0.05) is 32.3 Å². The van der Waals surface area contributed by atoms with E-state index in [4.69, 9.17) is 5.73 Å². The van der Waals surface area contributed by atoms with Gasteiger partial charge in [0.05, 0.1) is 0 Å². The first-order valence-electron chi connectivity index (χ1n) is 5.88. The summed E-state index contributed by atoms with van der Waals surface area (Å²) >= 11 is 5.10. The molecule has 2 aromatic rings. The zero-order chi connectivity index (χ0) is 13.1. The highest BCUT2D eigenvalue weighted by molar-refractivity contribution is 9.10. The van der Waals surface area contributed by atoms with E-state index in [0.29, 0.717) is 12.0 Å². The molecule has 0 saturated heterocycles. The highest BCUT2D eigenvalue weighted by atomic mass is 79.9. The maximum Gasteiger partial charge on any atom is 0.128 e. The first-order valence-corrected chi connectivity index (χ1v) is 7.49. The molecule has 1 heterocycles. The number of benzene rings is 1. The third kappa shape index (κ3) is 3.19. The summed E-state index contributed by atoms with van der Waals surface area (Å²) in [4.78, 5) is 2.55. The van der Waals surface area contributed by atoms with Gasteiger partial charge in [-0.2, -0.15) is 0 Å². The number of rotatable bonds is 4. The summed E-state index contributed by atoms with van der Waals surface area (Å²) in [5.74, 6) is -0.238. The lowest BCUT2D eigenvalue weighted by Gasteiger charge is -2.12. The van der Waals surface area contributed by atoms with Crippen molar-refractivity contribution in [2.75, 3.05) is 0 Å². The van der Waals surface area contributed by atoms with Gasteiger partial charge in [-0.05, 0) is 36.8 Å². The Balaban J connectivity index is 2.16. The predicted octanol–water partition coefficient (Wildman–Crippen LogP) is 4.45. The van der Waals surface area contributed by atoms with Crippen molar-refractivity contribution in [3.63, 3.8) is 0 Å². The van der Waals surface area contributed by atoms with Crippen LogP contribution in [-0.2, 0) is 12.8 Å². The monoisotopic (exact) mass is 327 g/mol. The van der Waals surface area contributed by atoms with E-state index >= 15 is 0 Å². The van der Waals surface area contributed by atoms with Crippen LogP contribution >= 0.6 is 27.3 Å². The van der Waals surface area contributed by atoms with E-state index in [1.54, 1.807) is 23.5 Å². The van der Waals surface area contributed by atoms with Crippen molar-refractivity contribution in [2.45, 2.75) is 25.8 Å². The van der Waals surface area contributed by atoms with Gasteiger partial charge in [-0.25, -0.2) is 4.39 Å². The molecular formula is C14H15BrFNS. The molecule has 18 heavy (non-hydrogen) atoms. The van der Waals surface area contributed by atoms with E-state index in [-0.39, 0.29) is 11.9 Å². The fourth-order valence-corrected chi connectivity index (χ4v) is 3.24. The summed E-state index contributed by atoms with van der Waals surface area (Å²) in [5, 5.41) is 0. The van der Waals surface area contributed by atoms with Gasteiger partial charge in [0.25, 0.3) is 0 Å². The lowest BCUT2D eigenvalue weighted by molar-refractivity contribution is 0.581. The molecule has 0 aliphatic carbocycles. The summed E-state index contributed by atoms with van der Waals surface area (Å²) in [7, 11) is 0. The summed E-state index contributed by atoms with van der Waals surface area (Å²) in [5.41, 5.74) is 6.66. The standard InChI is InChI=1S/C14H15BrFNS/c1-2-10-4-5-11(18-10)8-14(17)12-7-9(15)3-6-13(12)16/h3-7,14H,2,8,17H2,1H3. The Morgan fingerprint density at radius 2 is 2.00 bits per heavy atom. The zero-order valence-corrected chi connectivity index (χ0v) is 12.5. The van der Waals surface area contributed by atoms with E-state index in [1.165, 1.54) is 15.8 Å². The molecule has 2 N–H and O–H groups in total. The molecule has 1 aromatic heterocycles. The summed E-state index contributed by atoms with van der Waals surface area (Å²) in [6, 6.07) is 8.79. The van der Waals surface area contributed by atoms with Gasteiger partial charge in [-0.3, -0.25) is 0 Å². The van der Waals surface area contributed by atoms with Crippen LogP contribution in [0.3, 0.4) is 0 Å². The first kappa shape index (κ1) is 13.7. The van der Waals surface area contributed by atoms with Crippen LogP contribution in [0.1, 0.15) is 28.3 Å². The Bertz CT molecular complexity index is 538. The second-order valence-electron chi connectivity index (χ2n) is 4.20. The van der Waals surface area contributed by atoms with Gasteiger partial charge in [-0.1, -0.05) is 22.9 Å². The van der Waals surface area contributed by atoms with Crippen LogP contribution in [-0.4, -0.2) is 0 Å². The Morgan fingerprint density at radius 3 is 2.67 bits per heavy atom. The second-order valence-corrected chi connectivity index (χ2v) is 6.37. The minimum absolute atomic E-state index is 0.238. The minimum atomic E-state index is -0.300. The normalized spacial score (nSPS) is 12.7. The predicted molar refractivity (Wildman–Crippen MR) is 78.4 cm³/mol. The van der Waals surface area contributed by atoms with Crippen molar-refractivity contribution in [1.29, 1.82) is 0 Å². The topological polar surface area (TPSA) is 26.0 Å². The van der Waals surface area contributed by atoms with Crippen LogP contribution in [0.25, 0.3) is 0 Å². The van der Waals surface area contributed by atoms with Gasteiger partial charge in [-0.15, -0.1) is 11.3 Å². The van der Waals surface area contributed by atoms with E-state index in [0.717, 1.165) is 10.9 Å². The van der Waals surface area contributed by atoms with E-state index in [2.05, 4.69) is 35.0 Å². The van der Waals surface area contributed by atoms with Crippen LogP contribution < -0.4 is 5.73 Å². The van der Waals surface area contributed by atoms with Gasteiger partial charge < -0.3 is 5.73 Å². The largest absolute Gasteiger partial charge is 0.324 e. The molecule has 1 atom stereocenters. The van der Waals surface area contributed by atoms with Gasteiger partial charge in [0.1, 0.15) is 5.82 Å². The smallest absolute Gasteiger partial charge is 0.128 e. The molecular weight excluding hydrogens is 313 g/mol. The molecule has 0 bridgehead atoms. The molecule has 0 aliphatic rings. The number of nitrogens with two attached hydrogens (primary N) is 1. The maximum atomic E-state index is 13.7. The van der Waals surface area contributed by atoms with Crippen LogP contribution in [0.5, 0.6) is 0 Å². The SMILES string of the molecule is CCc1ccc(CC(N)c2cc(Br)ccc2F)s1. The average molecular weight is 328 g/mol. The molecule has 1 aromatic carbocycles. The molecule has 0 radical (unpaired) electrons. The van der Waals surface area contributed by atoms with E-state index < -0.39 is 0 Å². The quantitative estimate of drug-likeness (QED) is 0.881. The van der Waals surface area contributed by atoms with Gasteiger partial charge in [0.2, 0.25) is 0 Å². The summed E-state index contributed by atoms with van der Waals surface area (Å²) in [6.07, 6.45) is 1.71. The molecule has 1 nitrogen and oxygen atoms in total. The van der Waals surface area contributed by atoms with Crippen molar-refractivity contribution in [3.8, 4) is 0 Å². The van der Waals surface area contributed by atoms with E-state index in [1.807, 2.05) is 0 Å². The van der Waals surface area contributed by atoms with Crippen LogP contribution in [0.15, 0.2) is 34.8 Å². The minimum Gasteiger partial charge on any atom is -0.324 e. The lowest BCUT2D eigenvalue weighted by atomic mass is 10.0. The number of hydrogen-bond donors (Lipinski definition) is 1. The first-order chi connectivity index (χ1) is 8.60. The number of thiophene rings is 1.